The molecule has 38 heavy (non-hydrogen) atoms. The topological polar surface area (TPSA) is 59.7 Å². The molecule has 0 aliphatic carbocycles. The van der Waals surface area contributed by atoms with Crippen molar-refractivity contribution in [1.29, 1.82) is 0 Å². The molecule has 0 aliphatic rings. The van der Waals surface area contributed by atoms with Crippen molar-refractivity contribution >= 4 is 44.5 Å². The highest BCUT2D eigenvalue weighted by Gasteiger charge is 2.07. The summed E-state index contributed by atoms with van der Waals surface area (Å²) in [5, 5.41) is 26.5. The van der Waals surface area contributed by atoms with Gasteiger partial charge in [0.25, 0.3) is 0 Å². The maximum absolute atomic E-state index is 4.49. The molecule has 2 N–H and O–H groups in total. The highest BCUT2D eigenvalue weighted by atomic mass is 32.1. The lowest BCUT2D eigenvalue weighted by Gasteiger charge is -2.09. The van der Waals surface area contributed by atoms with Gasteiger partial charge in [0, 0.05) is 29.9 Å². The Morgan fingerprint density at radius 1 is 0.711 bits per heavy atom. The van der Waals surface area contributed by atoms with Gasteiger partial charge in [-0.3, -0.25) is 9.36 Å². The molecule has 0 saturated carbocycles. The van der Waals surface area contributed by atoms with Crippen molar-refractivity contribution in [2.75, 3.05) is 20.1 Å². The maximum Gasteiger partial charge on any atom is 0.0689 e. The Hall–Kier alpha value is -3.30. The number of rotatable bonds is 9. The molecule has 0 aliphatic heterocycles. The van der Waals surface area contributed by atoms with Gasteiger partial charge in [0.15, 0.2) is 0 Å². The average Bonchev–Trinajstić information content (AvgIpc) is 3.74. The van der Waals surface area contributed by atoms with Crippen LogP contribution in [0.4, 0.5) is 0 Å². The Balaban J connectivity index is 0.000000156. The molecule has 0 bridgehead atoms. The van der Waals surface area contributed by atoms with Crippen LogP contribution in [0, 0.1) is 0 Å². The minimum Gasteiger partial charge on any atom is -0.318 e. The van der Waals surface area contributed by atoms with E-state index in [0.717, 1.165) is 26.2 Å². The summed E-state index contributed by atoms with van der Waals surface area (Å²) in [4.78, 5) is 0. The summed E-state index contributed by atoms with van der Waals surface area (Å²) < 4.78 is 4.14. The monoisotopic (exact) mass is 542 g/mol. The van der Waals surface area contributed by atoms with Crippen LogP contribution in [0.5, 0.6) is 0 Å². The summed E-state index contributed by atoms with van der Waals surface area (Å²) in [5.41, 5.74) is 7.49. The largest absolute Gasteiger partial charge is 0.318 e. The third-order valence-corrected chi connectivity index (χ3v) is 7.81. The van der Waals surface area contributed by atoms with E-state index in [1.807, 2.05) is 19.4 Å². The molecule has 2 aromatic carbocycles. The van der Waals surface area contributed by atoms with Gasteiger partial charge in [-0.25, -0.2) is 0 Å². The predicted molar refractivity (Wildman–Crippen MR) is 163 cm³/mol. The van der Waals surface area contributed by atoms with Crippen LogP contribution >= 0.6 is 22.7 Å². The number of nitrogens with one attached hydrogen (secondary N) is 2. The summed E-state index contributed by atoms with van der Waals surface area (Å²) in [6.45, 7) is 7.99. The summed E-state index contributed by atoms with van der Waals surface area (Å²) in [5.74, 6) is 0. The SMILES string of the molecule is CC(C)NCCn1ncc2ccc(-c3ccsc3)cc21.CNCCn1ncc2ccc(-c3ccsc3)cc21. The number of hydrogen-bond acceptors (Lipinski definition) is 6. The molecule has 4 heterocycles. The molecule has 0 atom stereocenters. The number of thiophene rings is 2. The summed E-state index contributed by atoms with van der Waals surface area (Å²) >= 11 is 3.46. The molecule has 0 amide bonds. The van der Waals surface area contributed by atoms with Crippen LogP contribution in [0.15, 0.2) is 82.4 Å². The van der Waals surface area contributed by atoms with Crippen LogP contribution < -0.4 is 10.6 Å². The Morgan fingerprint density at radius 2 is 1.24 bits per heavy atom. The third-order valence-electron chi connectivity index (χ3n) is 6.45. The molecular weight excluding hydrogens is 509 g/mol. The lowest BCUT2D eigenvalue weighted by molar-refractivity contribution is 0.524. The molecule has 4 aromatic heterocycles. The molecular formula is C30H34N6S2. The van der Waals surface area contributed by atoms with Gasteiger partial charge in [-0.15, -0.1) is 0 Å². The molecule has 6 nitrogen and oxygen atoms in total. The van der Waals surface area contributed by atoms with Crippen LogP contribution in [0.25, 0.3) is 44.1 Å². The quantitative estimate of drug-likeness (QED) is 0.212. The summed E-state index contributed by atoms with van der Waals surface area (Å²) in [6.07, 6.45) is 3.88. The van der Waals surface area contributed by atoms with Crippen molar-refractivity contribution < 1.29 is 0 Å². The summed E-state index contributed by atoms with van der Waals surface area (Å²) in [6, 6.07) is 17.9. The van der Waals surface area contributed by atoms with Crippen LogP contribution in [0.3, 0.4) is 0 Å². The molecule has 0 saturated heterocycles. The van der Waals surface area contributed by atoms with Crippen LogP contribution in [0.2, 0.25) is 0 Å². The fourth-order valence-corrected chi connectivity index (χ4v) is 5.72. The van der Waals surface area contributed by atoms with Crippen LogP contribution in [-0.2, 0) is 13.1 Å². The Kier molecular flexibility index (Phi) is 8.65. The number of fused-ring (bicyclic) bond motifs is 2. The molecule has 6 rings (SSSR count). The first-order valence-corrected chi connectivity index (χ1v) is 14.8. The molecule has 196 valence electrons. The minimum absolute atomic E-state index is 0.512. The Morgan fingerprint density at radius 3 is 1.68 bits per heavy atom. The first kappa shape index (κ1) is 26.3. The average molecular weight is 543 g/mol. The normalized spacial score (nSPS) is 11.4. The Labute approximate surface area is 231 Å². The number of nitrogens with zero attached hydrogens (tertiary/aromatic N) is 4. The highest BCUT2D eigenvalue weighted by molar-refractivity contribution is 7.08. The molecule has 0 fully saturated rings. The fourth-order valence-electron chi connectivity index (χ4n) is 4.39. The second-order valence-electron chi connectivity index (χ2n) is 9.52. The van der Waals surface area contributed by atoms with E-state index in [2.05, 4.69) is 114 Å². The van der Waals surface area contributed by atoms with Gasteiger partial charge in [0.2, 0.25) is 0 Å². The maximum atomic E-state index is 4.49. The first-order chi connectivity index (χ1) is 18.6. The van der Waals surface area contributed by atoms with E-state index in [1.54, 1.807) is 22.7 Å². The number of benzene rings is 2. The van der Waals surface area contributed by atoms with Crippen molar-refractivity contribution in [3.8, 4) is 22.3 Å². The van der Waals surface area contributed by atoms with E-state index in [9.17, 15) is 0 Å². The van der Waals surface area contributed by atoms with Gasteiger partial charge in [-0.2, -0.15) is 32.9 Å². The van der Waals surface area contributed by atoms with Crippen molar-refractivity contribution in [2.45, 2.75) is 33.0 Å². The van der Waals surface area contributed by atoms with Gasteiger partial charge >= 0.3 is 0 Å². The highest BCUT2D eigenvalue weighted by Crippen LogP contribution is 2.27. The van der Waals surface area contributed by atoms with Crippen molar-refractivity contribution in [3.63, 3.8) is 0 Å². The van der Waals surface area contributed by atoms with Crippen LogP contribution in [0.1, 0.15) is 13.8 Å². The minimum atomic E-state index is 0.512. The number of hydrogen-bond donors (Lipinski definition) is 2. The van der Waals surface area contributed by atoms with Gasteiger partial charge < -0.3 is 10.6 Å². The predicted octanol–water partition coefficient (Wildman–Crippen LogP) is 6.75. The van der Waals surface area contributed by atoms with Crippen molar-refractivity contribution in [3.05, 3.63) is 82.4 Å². The van der Waals surface area contributed by atoms with Gasteiger partial charge in [-0.05, 0) is 75.1 Å². The molecule has 0 spiro atoms. The lowest BCUT2D eigenvalue weighted by atomic mass is 10.1. The zero-order chi connectivity index (χ0) is 26.3. The molecule has 8 heteroatoms. The molecule has 0 radical (unpaired) electrons. The zero-order valence-corrected chi connectivity index (χ0v) is 23.7. The number of likely N-dealkylation sites (N-methyl/N-ethyl adjacent to an activating group) is 1. The van der Waals surface area contributed by atoms with Crippen LogP contribution in [-0.4, -0.2) is 45.7 Å². The van der Waals surface area contributed by atoms with Crippen molar-refractivity contribution in [1.82, 2.24) is 30.2 Å². The summed E-state index contributed by atoms with van der Waals surface area (Å²) in [7, 11) is 1.96. The van der Waals surface area contributed by atoms with Crippen molar-refractivity contribution in [2.24, 2.45) is 0 Å². The van der Waals surface area contributed by atoms with E-state index in [-0.39, 0.29) is 0 Å². The molecule has 6 aromatic rings. The van der Waals surface area contributed by atoms with E-state index in [4.69, 9.17) is 0 Å². The van der Waals surface area contributed by atoms with E-state index >= 15 is 0 Å². The Bertz CT molecular complexity index is 1560. The van der Waals surface area contributed by atoms with Gasteiger partial charge in [0.05, 0.1) is 36.5 Å². The smallest absolute Gasteiger partial charge is 0.0689 e. The third kappa shape index (κ3) is 6.22. The van der Waals surface area contributed by atoms with E-state index in [1.165, 1.54) is 44.1 Å². The second-order valence-corrected chi connectivity index (χ2v) is 11.1. The zero-order valence-electron chi connectivity index (χ0n) is 22.1. The van der Waals surface area contributed by atoms with E-state index < -0.39 is 0 Å². The van der Waals surface area contributed by atoms with Gasteiger partial charge in [-0.1, -0.05) is 38.1 Å². The standard InChI is InChI=1S/C16H19N3S.C14H15N3S/c1-12(2)17-6-7-19-16-9-13(15-5-8-20-11-15)3-4-14(16)10-18-19;1-15-5-6-17-14-8-11(13-4-7-18-10-13)2-3-12(14)9-16-17/h3-5,8-12,17H,6-7H2,1-2H3;2-4,7-10,15H,5-6H2,1H3. The lowest BCUT2D eigenvalue weighted by Crippen LogP contribution is -2.26. The number of aromatic nitrogens is 4. The fraction of sp³-hybridized carbons (Fsp3) is 0.267. The first-order valence-electron chi connectivity index (χ1n) is 13.0. The second kappa shape index (κ2) is 12.5. The van der Waals surface area contributed by atoms with E-state index in [0.29, 0.717) is 6.04 Å². The molecule has 0 unspecified atom stereocenters. The van der Waals surface area contributed by atoms with Gasteiger partial charge in [0.1, 0.15) is 0 Å².